The molecule has 1 saturated carbocycles. The molecular weight excluding hydrogens is 164 g/mol. The van der Waals surface area contributed by atoms with Gasteiger partial charge in [-0.15, -0.1) is 5.10 Å². The third kappa shape index (κ3) is 1.95. The summed E-state index contributed by atoms with van der Waals surface area (Å²) in [5, 5.41) is 7.94. The number of nitrogens with zero attached hydrogens (tertiary/aromatic N) is 3. The topological polar surface area (TPSA) is 55.0 Å². The normalized spacial score (nSPS) is 15.8. The number of hydrogen-bond donors (Lipinski definition) is 1. The van der Waals surface area contributed by atoms with Gasteiger partial charge in [-0.05, 0) is 25.0 Å². The third-order valence-corrected chi connectivity index (χ3v) is 2.21. The van der Waals surface area contributed by atoms with Crippen LogP contribution < -0.4 is 10.6 Å². The smallest absolute Gasteiger partial charge is 0.151 e. The molecule has 0 aromatic carbocycles. The molecule has 0 bridgehead atoms. The van der Waals surface area contributed by atoms with Crippen molar-refractivity contribution in [3.8, 4) is 0 Å². The average molecular weight is 178 g/mol. The zero-order valence-electron chi connectivity index (χ0n) is 7.56. The maximum absolute atomic E-state index is 5.54. The Morgan fingerprint density at radius 3 is 2.92 bits per heavy atom. The molecule has 4 nitrogen and oxygen atoms in total. The van der Waals surface area contributed by atoms with E-state index in [1.54, 1.807) is 6.20 Å². The van der Waals surface area contributed by atoms with E-state index in [1.807, 2.05) is 12.1 Å². The van der Waals surface area contributed by atoms with Crippen LogP contribution in [0, 0.1) is 0 Å². The highest BCUT2D eigenvalue weighted by Gasteiger charge is 2.29. The fourth-order valence-electron chi connectivity index (χ4n) is 1.46. The first kappa shape index (κ1) is 8.44. The molecule has 70 valence electrons. The molecule has 1 aromatic rings. The minimum atomic E-state index is 0.653. The quantitative estimate of drug-likeness (QED) is 0.725. The Hall–Kier alpha value is -1.16. The number of aromatic nitrogens is 2. The second kappa shape index (κ2) is 3.70. The fourth-order valence-corrected chi connectivity index (χ4v) is 1.46. The van der Waals surface area contributed by atoms with Gasteiger partial charge >= 0.3 is 0 Å². The number of anilines is 1. The Balaban J connectivity index is 2.10. The molecule has 0 spiro atoms. The van der Waals surface area contributed by atoms with E-state index in [0.717, 1.165) is 12.4 Å². The molecule has 1 aromatic heterocycles. The standard InChI is InChI=1S/C9H14N4/c10-5-7-13(8-3-4-8)9-2-1-6-11-12-9/h1-2,6,8H,3-5,7,10H2. The van der Waals surface area contributed by atoms with Crippen molar-refractivity contribution in [2.75, 3.05) is 18.0 Å². The lowest BCUT2D eigenvalue weighted by Crippen LogP contribution is -2.32. The summed E-state index contributed by atoms with van der Waals surface area (Å²) in [7, 11) is 0. The van der Waals surface area contributed by atoms with Gasteiger partial charge in [0.05, 0.1) is 0 Å². The van der Waals surface area contributed by atoms with Crippen LogP contribution >= 0.6 is 0 Å². The van der Waals surface area contributed by atoms with E-state index in [9.17, 15) is 0 Å². The van der Waals surface area contributed by atoms with Gasteiger partial charge in [0.1, 0.15) is 0 Å². The van der Waals surface area contributed by atoms with Crippen LogP contribution in [-0.4, -0.2) is 29.3 Å². The highest BCUT2D eigenvalue weighted by molar-refractivity contribution is 5.39. The Morgan fingerprint density at radius 1 is 1.54 bits per heavy atom. The van der Waals surface area contributed by atoms with Gasteiger partial charge in [-0.1, -0.05) is 0 Å². The van der Waals surface area contributed by atoms with Gasteiger partial charge in [-0.3, -0.25) is 0 Å². The van der Waals surface area contributed by atoms with Gasteiger partial charge in [-0.2, -0.15) is 5.10 Å². The predicted octanol–water partition coefficient (Wildman–Crippen LogP) is 0.404. The molecule has 1 aliphatic carbocycles. The van der Waals surface area contributed by atoms with E-state index in [4.69, 9.17) is 5.73 Å². The van der Waals surface area contributed by atoms with Crippen molar-refractivity contribution in [2.24, 2.45) is 5.73 Å². The van der Waals surface area contributed by atoms with Gasteiger partial charge in [0.2, 0.25) is 0 Å². The van der Waals surface area contributed by atoms with Crippen molar-refractivity contribution in [3.05, 3.63) is 18.3 Å². The Morgan fingerprint density at radius 2 is 2.38 bits per heavy atom. The van der Waals surface area contributed by atoms with E-state index >= 15 is 0 Å². The molecule has 4 heteroatoms. The van der Waals surface area contributed by atoms with Crippen molar-refractivity contribution in [3.63, 3.8) is 0 Å². The second-order valence-electron chi connectivity index (χ2n) is 3.30. The molecule has 0 saturated heterocycles. The molecule has 13 heavy (non-hydrogen) atoms. The fraction of sp³-hybridized carbons (Fsp3) is 0.556. The monoisotopic (exact) mass is 178 g/mol. The zero-order chi connectivity index (χ0) is 9.10. The maximum atomic E-state index is 5.54. The molecule has 1 aliphatic rings. The van der Waals surface area contributed by atoms with Crippen LogP contribution in [0.5, 0.6) is 0 Å². The maximum Gasteiger partial charge on any atom is 0.151 e. The molecule has 2 rings (SSSR count). The molecular formula is C9H14N4. The van der Waals surface area contributed by atoms with Crippen LogP contribution in [-0.2, 0) is 0 Å². The molecule has 2 N–H and O–H groups in total. The van der Waals surface area contributed by atoms with Crippen LogP contribution in [0.2, 0.25) is 0 Å². The van der Waals surface area contributed by atoms with E-state index in [0.29, 0.717) is 12.6 Å². The van der Waals surface area contributed by atoms with Crippen LogP contribution in [0.1, 0.15) is 12.8 Å². The lowest BCUT2D eigenvalue weighted by molar-refractivity contribution is 0.759. The Kier molecular flexibility index (Phi) is 2.40. The van der Waals surface area contributed by atoms with Gasteiger partial charge in [-0.25, -0.2) is 0 Å². The summed E-state index contributed by atoms with van der Waals surface area (Å²) in [6, 6.07) is 4.55. The predicted molar refractivity (Wildman–Crippen MR) is 51.5 cm³/mol. The van der Waals surface area contributed by atoms with Crippen molar-refractivity contribution >= 4 is 5.82 Å². The van der Waals surface area contributed by atoms with E-state index in [-0.39, 0.29) is 0 Å². The minimum absolute atomic E-state index is 0.653. The van der Waals surface area contributed by atoms with Crippen molar-refractivity contribution < 1.29 is 0 Å². The van der Waals surface area contributed by atoms with Crippen molar-refractivity contribution in [1.29, 1.82) is 0 Å². The summed E-state index contributed by atoms with van der Waals surface area (Å²) in [4.78, 5) is 2.24. The molecule has 0 unspecified atom stereocenters. The summed E-state index contributed by atoms with van der Waals surface area (Å²) in [5.74, 6) is 0.954. The van der Waals surface area contributed by atoms with Crippen molar-refractivity contribution in [2.45, 2.75) is 18.9 Å². The van der Waals surface area contributed by atoms with E-state index in [2.05, 4.69) is 15.1 Å². The van der Waals surface area contributed by atoms with Crippen molar-refractivity contribution in [1.82, 2.24) is 10.2 Å². The summed E-state index contributed by atoms with van der Waals surface area (Å²) >= 11 is 0. The molecule has 0 aliphatic heterocycles. The summed E-state index contributed by atoms with van der Waals surface area (Å²) in [5.41, 5.74) is 5.54. The first-order valence-electron chi connectivity index (χ1n) is 4.66. The lowest BCUT2D eigenvalue weighted by Gasteiger charge is -2.21. The average Bonchev–Trinajstić information content (AvgIpc) is 2.99. The number of rotatable bonds is 4. The SMILES string of the molecule is NCCN(c1cccnn1)C1CC1. The van der Waals surface area contributed by atoms with Gasteiger partial charge in [0, 0.05) is 25.3 Å². The van der Waals surface area contributed by atoms with E-state index < -0.39 is 0 Å². The number of hydrogen-bond acceptors (Lipinski definition) is 4. The highest BCUT2D eigenvalue weighted by Crippen LogP contribution is 2.29. The highest BCUT2D eigenvalue weighted by atomic mass is 15.3. The Labute approximate surface area is 77.8 Å². The summed E-state index contributed by atoms with van der Waals surface area (Å²) in [6.45, 7) is 1.55. The van der Waals surface area contributed by atoms with Gasteiger partial charge in [0.25, 0.3) is 0 Å². The van der Waals surface area contributed by atoms with Gasteiger partial charge < -0.3 is 10.6 Å². The Bertz CT molecular complexity index is 258. The minimum Gasteiger partial charge on any atom is -0.351 e. The summed E-state index contributed by atoms with van der Waals surface area (Å²) < 4.78 is 0. The van der Waals surface area contributed by atoms with Crippen LogP contribution in [0.25, 0.3) is 0 Å². The lowest BCUT2D eigenvalue weighted by atomic mass is 10.4. The summed E-state index contributed by atoms with van der Waals surface area (Å²) in [6.07, 6.45) is 4.21. The van der Waals surface area contributed by atoms with Crippen LogP contribution in [0.4, 0.5) is 5.82 Å². The molecule has 1 fully saturated rings. The van der Waals surface area contributed by atoms with E-state index in [1.165, 1.54) is 12.8 Å². The molecule has 1 heterocycles. The molecule has 0 amide bonds. The van der Waals surface area contributed by atoms with Gasteiger partial charge in [0.15, 0.2) is 5.82 Å². The first-order chi connectivity index (χ1) is 6.42. The molecule has 0 atom stereocenters. The largest absolute Gasteiger partial charge is 0.351 e. The second-order valence-corrected chi connectivity index (χ2v) is 3.30. The molecule has 0 radical (unpaired) electrons. The van der Waals surface area contributed by atoms with Crippen LogP contribution in [0.3, 0.4) is 0 Å². The third-order valence-electron chi connectivity index (χ3n) is 2.21. The van der Waals surface area contributed by atoms with Crippen LogP contribution in [0.15, 0.2) is 18.3 Å². The number of nitrogens with two attached hydrogens (primary N) is 1. The zero-order valence-corrected chi connectivity index (χ0v) is 7.56. The first-order valence-corrected chi connectivity index (χ1v) is 4.66.